The zero-order valence-corrected chi connectivity index (χ0v) is 10.7. The normalized spacial score (nSPS) is 7.92. The van der Waals surface area contributed by atoms with Gasteiger partial charge in [0.05, 0.1) is 0 Å². The van der Waals surface area contributed by atoms with Gasteiger partial charge in [0.25, 0.3) is 0 Å². The Labute approximate surface area is 103 Å². The van der Waals surface area contributed by atoms with Crippen molar-refractivity contribution < 1.29 is 0 Å². The molecule has 68 valence electrons. The molecule has 1 aromatic carbocycles. The van der Waals surface area contributed by atoms with E-state index in [1.54, 1.807) is 0 Å². The van der Waals surface area contributed by atoms with E-state index in [1.807, 2.05) is 30.3 Å². The summed E-state index contributed by atoms with van der Waals surface area (Å²) in [5.41, 5.74) is 0. The number of unbranched alkanes of at least 4 members (excludes halogenated alkanes) is 1. The molecule has 0 saturated heterocycles. The smallest absolute Gasteiger partial charge is 0.332 e. The van der Waals surface area contributed by atoms with Crippen molar-refractivity contribution in [3.05, 3.63) is 43.0 Å². The molecule has 0 unspecified atom stereocenters. The van der Waals surface area contributed by atoms with E-state index in [4.69, 9.17) is 0 Å². The topological polar surface area (TPSA) is 0 Å². The van der Waals surface area contributed by atoms with Gasteiger partial charge in [0.2, 0.25) is 0 Å². The van der Waals surface area contributed by atoms with Crippen molar-refractivity contribution in [2.24, 2.45) is 0 Å². The summed E-state index contributed by atoms with van der Waals surface area (Å²) in [6, 6.07) is 10.1. The van der Waals surface area contributed by atoms with Crippen LogP contribution in [0.1, 0.15) is 20.3 Å². The summed E-state index contributed by atoms with van der Waals surface area (Å²) in [7, 11) is 0. The predicted molar refractivity (Wildman–Crippen MR) is 63.7 cm³/mol. The molecule has 0 N–H and O–H groups in total. The Morgan fingerprint density at radius 1 is 1.31 bits per heavy atom. The molecule has 0 bridgehead atoms. The fourth-order valence-corrected chi connectivity index (χ4v) is 0.866. The zero-order valence-electron chi connectivity index (χ0n) is 8.49. The molecule has 0 aliphatic rings. The monoisotopic (exact) mass is 204 g/mol. The quantitative estimate of drug-likeness (QED) is 0.401. The number of rotatable bonds is 2. The van der Waals surface area contributed by atoms with Crippen LogP contribution in [0.4, 0.5) is 0 Å². The first kappa shape index (κ1) is 15.8. The molecule has 0 atom stereocenters. The van der Waals surface area contributed by atoms with Crippen molar-refractivity contribution in [3.8, 4) is 0 Å². The number of hydrogen-bond acceptors (Lipinski definition) is 1. The van der Waals surface area contributed by atoms with Crippen LogP contribution in [-0.4, -0.2) is 23.1 Å². The van der Waals surface area contributed by atoms with Crippen molar-refractivity contribution in [2.75, 3.05) is 0 Å². The van der Waals surface area contributed by atoms with Gasteiger partial charge < -0.3 is 18.2 Å². The zero-order chi connectivity index (χ0) is 9.23. The maximum atomic E-state index is 3.67. The summed E-state index contributed by atoms with van der Waals surface area (Å²) < 4.78 is 0. The Hall–Kier alpha value is 0.336. The van der Waals surface area contributed by atoms with Crippen LogP contribution >= 0.6 is 11.8 Å². The van der Waals surface area contributed by atoms with Crippen molar-refractivity contribution in [1.82, 2.24) is 0 Å². The average molecular weight is 205 g/mol. The van der Waals surface area contributed by atoms with E-state index >= 15 is 0 Å². The number of hydrogen-bond donors (Lipinski definition) is 0. The fraction of sp³-hybridized carbons (Fsp3) is 0.273. The summed E-state index contributed by atoms with van der Waals surface area (Å²) >= 11 is 1.52. The van der Waals surface area contributed by atoms with Gasteiger partial charge in [0.15, 0.2) is 0 Å². The molecule has 0 aliphatic heterocycles. The Morgan fingerprint density at radius 2 is 1.77 bits per heavy atom. The van der Waals surface area contributed by atoms with E-state index in [2.05, 4.69) is 26.5 Å². The van der Waals surface area contributed by atoms with Gasteiger partial charge in [-0.25, -0.2) is 0 Å². The third kappa shape index (κ3) is 10.3. The van der Waals surface area contributed by atoms with Gasteiger partial charge in [-0.05, 0) is 4.90 Å². The van der Waals surface area contributed by atoms with Crippen molar-refractivity contribution in [3.63, 3.8) is 0 Å². The second kappa shape index (κ2) is 12.3. The molecule has 0 nitrogen and oxygen atoms in total. The molecule has 0 aliphatic carbocycles. The first-order chi connectivity index (χ1) is 5.85. The molecule has 0 amide bonds. The maximum absolute atomic E-state index is 3.67. The van der Waals surface area contributed by atoms with Gasteiger partial charge in [0, 0.05) is 0 Å². The molecule has 13 heavy (non-hydrogen) atoms. The van der Waals surface area contributed by atoms with Crippen LogP contribution in [0.2, 0.25) is 0 Å². The SMILES string of the molecule is C[CH-]CC.[CH2-]Sc1ccccc1.[Mg+2]. The molecule has 0 radical (unpaired) electrons. The van der Waals surface area contributed by atoms with Crippen LogP contribution in [0.5, 0.6) is 0 Å². The molecule has 0 aromatic heterocycles. The summed E-state index contributed by atoms with van der Waals surface area (Å²) in [6.45, 7) is 4.18. The average Bonchev–Trinajstić information content (AvgIpc) is 2.19. The maximum Gasteiger partial charge on any atom is 2.00 e. The minimum absolute atomic E-state index is 0. The molecule has 0 fully saturated rings. The van der Waals surface area contributed by atoms with E-state index in [-0.39, 0.29) is 23.1 Å². The molecule has 0 saturated carbocycles. The van der Waals surface area contributed by atoms with E-state index in [0.717, 1.165) is 0 Å². The van der Waals surface area contributed by atoms with Gasteiger partial charge in [-0.2, -0.15) is 13.3 Å². The van der Waals surface area contributed by atoms with Crippen LogP contribution in [-0.2, 0) is 0 Å². The minimum atomic E-state index is 0. The first-order valence-electron chi connectivity index (χ1n) is 4.10. The minimum Gasteiger partial charge on any atom is -0.332 e. The second-order valence-electron chi connectivity index (χ2n) is 2.27. The number of thioether (sulfide) groups is 1. The Kier molecular flexibility index (Phi) is 15.0. The van der Waals surface area contributed by atoms with E-state index < -0.39 is 0 Å². The first-order valence-corrected chi connectivity index (χ1v) is 5.08. The van der Waals surface area contributed by atoms with Gasteiger partial charge in [-0.1, -0.05) is 37.3 Å². The van der Waals surface area contributed by atoms with Gasteiger partial charge in [-0.15, -0.1) is 0 Å². The molecule has 1 aromatic rings. The summed E-state index contributed by atoms with van der Waals surface area (Å²) in [4.78, 5) is 1.22. The number of benzene rings is 1. The van der Waals surface area contributed by atoms with Crippen LogP contribution in [0.25, 0.3) is 0 Å². The molecule has 1 rings (SSSR count). The van der Waals surface area contributed by atoms with Crippen LogP contribution < -0.4 is 0 Å². The van der Waals surface area contributed by atoms with E-state index in [9.17, 15) is 0 Å². The fourth-order valence-electron chi connectivity index (χ4n) is 0.517. The van der Waals surface area contributed by atoms with Crippen LogP contribution in [0.3, 0.4) is 0 Å². The van der Waals surface area contributed by atoms with Gasteiger partial charge in [0.1, 0.15) is 0 Å². The standard InChI is InChI=1S/C7H7S.C4H9.Mg/c1-8-7-5-3-2-4-6-7;1-3-4-2;/h2-6H,1H2;3H,4H2,1-2H3;/q2*-1;+2. The summed E-state index contributed by atoms with van der Waals surface area (Å²) in [5, 5.41) is 0. The van der Waals surface area contributed by atoms with E-state index in [1.165, 1.54) is 23.1 Å². The Morgan fingerprint density at radius 3 is 2.00 bits per heavy atom. The van der Waals surface area contributed by atoms with E-state index in [0.29, 0.717) is 0 Å². The Bertz CT molecular complexity index is 173. The van der Waals surface area contributed by atoms with Crippen molar-refractivity contribution in [1.29, 1.82) is 0 Å². The van der Waals surface area contributed by atoms with Gasteiger partial charge >= 0.3 is 23.1 Å². The Balaban J connectivity index is 0. The largest absolute Gasteiger partial charge is 2.00 e. The molecule has 0 heterocycles. The summed E-state index contributed by atoms with van der Waals surface area (Å²) in [6.07, 6.45) is 6.99. The molecular weight excluding hydrogens is 188 g/mol. The third-order valence-corrected chi connectivity index (χ3v) is 1.92. The molecule has 0 spiro atoms. The third-order valence-electron chi connectivity index (χ3n) is 1.32. The molecule has 2 heteroatoms. The van der Waals surface area contributed by atoms with Crippen molar-refractivity contribution >= 4 is 34.8 Å². The predicted octanol–water partition coefficient (Wildman–Crippen LogP) is 3.81. The second-order valence-corrected chi connectivity index (χ2v) is 3.03. The van der Waals surface area contributed by atoms with Crippen molar-refractivity contribution in [2.45, 2.75) is 25.2 Å². The summed E-state index contributed by atoms with van der Waals surface area (Å²) in [5.74, 6) is 0. The molecular formula is C11H16MgS. The van der Waals surface area contributed by atoms with Crippen LogP contribution in [0, 0.1) is 12.7 Å². The van der Waals surface area contributed by atoms with Gasteiger partial charge in [-0.3, -0.25) is 6.26 Å². The van der Waals surface area contributed by atoms with Crippen LogP contribution in [0.15, 0.2) is 35.2 Å².